The Balaban J connectivity index is 0.000000253. The van der Waals surface area contributed by atoms with Gasteiger partial charge in [-0.1, -0.05) is 12.1 Å². The second-order valence-electron chi connectivity index (χ2n) is 8.80. The summed E-state index contributed by atoms with van der Waals surface area (Å²) in [4.78, 5) is 13.1. The average molecular weight is 676 g/mol. The predicted molar refractivity (Wildman–Crippen MR) is 151 cm³/mol. The van der Waals surface area contributed by atoms with E-state index >= 15 is 0 Å². The maximum Gasteiger partial charge on any atom is 2.00 e. The van der Waals surface area contributed by atoms with E-state index in [4.69, 9.17) is 0 Å². The van der Waals surface area contributed by atoms with E-state index in [9.17, 15) is 0 Å². The number of pyridine rings is 2. The molecule has 0 bridgehead atoms. The van der Waals surface area contributed by atoms with Crippen molar-refractivity contribution in [3.05, 3.63) is 96.3 Å². The molecule has 2 aromatic carbocycles. The first-order chi connectivity index (χ1) is 17.4. The zero-order valence-electron chi connectivity index (χ0n) is 22.4. The summed E-state index contributed by atoms with van der Waals surface area (Å²) >= 11 is 0. The largest absolute Gasteiger partial charge is 2.00 e. The molecule has 0 saturated carbocycles. The molecule has 0 aliphatic heterocycles. The molecule has 196 valence electrons. The number of hydrogen-bond donors (Lipinski definition) is 2. The molecule has 0 atom stereocenters. The number of rotatable bonds is 8. The van der Waals surface area contributed by atoms with Gasteiger partial charge >= 0.3 is 21.1 Å². The van der Waals surface area contributed by atoms with Crippen molar-refractivity contribution < 1.29 is 21.1 Å². The van der Waals surface area contributed by atoms with Gasteiger partial charge in [0.15, 0.2) is 0 Å². The van der Waals surface area contributed by atoms with Crippen molar-refractivity contribution in [2.45, 2.75) is 13.1 Å². The van der Waals surface area contributed by atoms with Gasteiger partial charge in [-0.15, -0.1) is 65.2 Å². The van der Waals surface area contributed by atoms with Crippen LogP contribution in [0.5, 0.6) is 0 Å². The third-order valence-electron chi connectivity index (χ3n) is 5.60. The quantitative estimate of drug-likeness (QED) is 0.265. The Morgan fingerprint density at radius 3 is 2.00 bits per heavy atom. The molecule has 0 amide bonds. The monoisotopic (exact) mass is 675 g/mol. The van der Waals surface area contributed by atoms with Crippen LogP contribution in [-0.4, -0.2) is 52.3 Å². The van der Waals surface area contributed by atoms with Crippen LogP contribution < -0.4 is 20.4 Å². The van der Waals surface area contributed by atoms with Gasteiger partial charge in [0.05, 0.1) is 0 Å². The molecule has 6 nitrogen and oxygen atoms in total. The van der Waals surface area contributed by atoms with Crippen LogP contribution in [0, 0.1) is 12.1 Å². The molecule has 0 fully saturated rings. The molecule has 0 unspecified atom stereocenters. The Kier molecular flexibility index (Phi) is 12.4. The molecule has 2 heterocycles. The van der Waals surface area contributed by atoms with Crippen molar-refractivity contribution in [1.29, 1.82) is 0 Å². The molecular formula is C30H36N6Pt. The normalized spacial score (nSPS) is 10.1. The molecule has 0 spiro atoms. The second-order valence-corrected chi connectivity index (χ2v) is 8.80. The zero-order chi connectivity index (χ0) is 25.9. The standard InChI is InChI=1S/2C15H18N3.Pt/c1-17(2)12-9-10-16-14(11-12)13-7-5-6-8-15(13)18(3)4;1-16-10-12-7-8-18-15(9-12)14-6-4-3-5-13(14)11-17-2;/h5-6,8-11H,1-4H3;3-5,7-9,16-17H,10-11H2,1-2H3;/q2*-1;+2. The Morgan fingerprint density at radius 2 is 1.35 bits per heavy atom. The molecule has 2 N–H and O–H groups in total. The summed E-state index contributed by atoms with van der Waals surface area (Å²) in [5.41, 5.74) is 8.75. The SMILES string of the molecule is CN(C)c1ccnc(-c2[c-]cccc2N(C)C)c1.CNCc1ccnc(-c2[c-]cccc2CNC)c1.[Pt+2]. The molecule has 4 aromatic rings. The van der Waals surface area contributed by atoms with Crippen LogP contribution in [-0.2, 0) is 34.2 Å². The van der Waals surface area contributed by atoms with Gasteiger partial charge in [0.2, 0.25) is 0 Å². The minimum absolute atomic E-state index is 0. The number of benzene rings is 2. The summed E-state index contributed by atoms with van der Waals surface area (Å²) in [5, 5.41) is 6.33. The molecule has 0 aliphatic carbocycles. The van der Waals surface area contributed by atoms with Crippen LogP contribution in [0.1, 0.15) is 11.1 Å². The van der Waals surface area contributed by atoms with Crippen LogP contribution in [0.3, 0.4) is 0 Å². The van der Waals surface area contributed by atoms with Crippen molar-refractivity contribution in [3.63, 3.8) is 0 Å². The van der Waals surface area contributed by atoms with Crippen LogP contribution in [0.15, 0.2) is 73.1 Å². The van der Waals surface area contributed by atoms with Crippen molar-refractivity contribution in [1.82, 2.24) is 20.6 Å². The van der Waals surface area contributed by atoms with Gasteiger partial charge in [0, 0.05) is 38.7 Å². The molecule has 37 heavy (non-hydrogen) atoms. The number of hydrogen-bond acceptors (Lipinski definition) is 6. The molecule has 0 saturated heterocycles. The number of anilines is 2. The Morgan fingerprint density at radius 1 is 0.730 bits per heavy atom. The number of nitrogens with one attached hydrogen (secondary N) is 2. The summed E-state index contributed by atoms with van der Waals surface area (Å²) in [6, 6.07) is 26.8. The summed E-state index contributed by atoms with van der Waals surface area (Å²) < 4.78 is 0. The topological polar surface area (TPSA) is 56.3 Å². The van der Waals surface area contributed by atoms with Gasteiger partial charge in [-0.25, -0.2) is 0 Å². The van der Waals surface area contributed by atoms with Crippen molar-refractivity contribution in [2.75, 3.05) is 52.1 Å². The Labute approximate surface area is 236 Å². The fraction of sp³-hybridized carbons (Fsp3) is 0.267. The van der Waals surface area contributed by atoms with E-state index in [2.05, 4.69) is 66.8 Å². The molecule has 4 rings (SSSR count). The van der Waals surface area contributed by atoms with Crippen LogP contribution in [0.4, 0.5) is 11.4 Å². The predicted octanol–water partition coefficient (Wildman–Crippen LogP) is 4.67. The molecule has 7 heteroatoms. The van der Waals surface area contributed by atoms with Gasteiger partial charge in [0.1, 0.15) is 0 Å². The van der Waals surface area contributed by atoms with Crippen molar-refractivity contribution >= 4 is 11.4 Å². The minimum Gasteiger partial charge on any atom is -0.416 e. The Bertz CT molecular complexity index is 1240. The van der Waals surface area contributed by atoms with E-state index in [1.165, 1.54) is 11.1 Å². The van der Waals surface area contributed by atoms with E-state index < -0.39 is 0 Å². The summed E-state index contributed by atoms with van der Waals surface area (Å²) in [6.07, 6.45) is 3.69. The van der Waals surface area contributed by atoms with Gasteiger partial charge in [-0.3, -0.25) is 0 Å². The fourth-order valence-electron chi connectivity index (χ4n) is 3.81. The number of nitrogens with zero attached hydrogens (tertiary/aromatic N) is 4. The minimum atomic E-state index is 0. The summed E-state index contributed by atoms with van der Waals surface area (Å²) in [5.74, 6) is 0. The zero-order valence-corrected chi connectivity index (χ0v) is 24.7. The second kappa shape index (κ2) is 15.3. The van der Waals surface area contributed by atoms with Crippen LogP contribution in [0.25, 0.3) is 22.5 Å². The van der Waals surface area contributed by atoms with E-state index in [1.807, 2.05) is 91.1 Å². The van der Waals surface area contributed by atoms with E-state index in [0.717, 1.165) is 47.0 Å². The van der Waals surface area contributed by atoms with Gasteiger partial charge in [-0.05, 0) is 69.5 Å². The van der Waals surface area contributed by atoms with Gasteiger partial charge < -0.3 is 30.4 Å². The fourth-order valence-corrected chi connectivity index (χ4v) is 3.81. The Hall–Kier alpha value is -3.05. The molecular weight excluding hydrogens is 639 g/mol. The van der Waals surface area contributed by atoms with Crippen LogP contribution >= 0.6 is 0 Å². The molecule has 0 aliphatic rings. The summed E-state index contributed by atoms with van der Waals surface area (Å²) in [6.45, 7) is 1.67. The number of aromatic nitrogens is 2. The summed E-state index contributed by atoms with van der Waals surface area (Å²) in [7, 11) is 12.0. The van der Waals surface area contributed by atoms with E-state index in [0.29, 0.717) is 0 Å². The molecule has 0 radical (unpaired) electrons. The maximum absolute atomic E-state index is 4.45. The first kappa shape index (κ1) is 30.2. The maximum atomic E-state index is 4.45. The molecule has 2 aromatic heterocycles. The average Bonchev–Trinajstić information content (AvgIpc) is 2.90. The van der Waals surface area contributed by atoms with Crippen LogP contribution in [0.2, 0.25) is 0 Å². The third-order valence-corrected chi connectivity index (χ3v) is 5.60. The first-order valence-corrected chi connectivity index (χ1v) is 12.0. The first-order valence-electron chi connectivity index (χ1n) is 12.0. The van der Waals surface area contributed by atoms with Gasteiger partial charge in [-0.2, -0.15) is 0 Å². The smallest absolute Gasteiger partial charge is 0.416 e. The third kappa shape index (κ3) is 8.50. The van der Waals surface area contributed by atoms with E-state index in [1.54, 1.807) is 0 Å². The van der Waals surface area contributed by atoms with Crippen molar-refractivity contribution in [3.8, 4) is 22.5 Å². The van der Waals surface area contributed by atoms with Gasteiger partial charge in [0.25, 0.3) is 0 Å². The van der Waals surface area contributed by atoms with Crippen molar-refractivity contribution in [2.24, 2.45) is 0 Å². The van der Waals surface area contributed by atoms with E-state index in [-0.39, 0.29) is 21.1 Å².